The minimum absolute atomic E-state index is 0.295. The van der Waals surface area contributed by atoms with Crippen LogP contribution in [0.4, 0.5) is 13.2 Å². The predicted octanol–water partition coefficient (Wildman–Crippen LogP) is 2.75. The van der Waals surface area contributed by atoms with Gasteiger partial charge in [0.05, 0.1) is 31.0 Å². The highest BCUT2D eigenvalue weighted by molar-refractivity contribution is 5.73. The molecule has 3 atom stereocenters. The summed E-state index contributed by atoms with van der Waals surface area (Å²) in [6, 6.07) is 9.47. The second-order valence-corrected chi connectivity index (χ2v) is 7.74. The van der Waals surface area contributed by atoms with Gasteiger partial charge in [-0.15, -0.1) is 0 Å². The number of likely N-dealkylation sites (tertiary alicyclic amines) is 1. The molecular weight excluding hydrogens is 429 g/mol. The summed E-state index contributed by atoms with van der Waals surface area (Å²) in [7, 11) is 0. The number of halogens is 3. The third kappa shape index (κ3) is 6.21. The molecule has 0 saturated carbocycles. The number of H-pyrrole nitrogens is 1. The first-order valence-electron chi connectivity index (χ1n) is 9.93. The first-order chi connectivity index (χ1) is 15.2. The fraction of sp³-hybridized carbons (Fsp3) is 0.476. The Morgan fingerprint density at radius 2 is 2.19 bits per heavy atom. The van der Waals surface area contributed by atoms with Gasteiger partial charge in [-0.05, 0) is 25.1 Å². The molecule has 8 nitrogen and oxygen atoms in total. The van der Waals surface area contributed by atoms with Gasteiger partial charge in [0.25, 0.3) is 0 Å². The number of carboxylic acid groups (broad SMARTS) is 1. The van der Waals surface area contributed by atoms with Crippen LogP contribution in [0.5, 0.6) is 5.75 Å². The van der Waals surface area contributed by atoms with Gasteiger partial charge in [-0.3, -0.25) is 4.90 Å². The number of fused-ring (bicyclic) bond motifs is 1. The highest BCUT2D eigenvalue weighted by Crippen LogP contribution is 2.34. The molecule has 11 heteroatoms. The maximum atomic E-state index is 10.6. The van der Waals surface area contributed by atoms with E-state index in [2.05, 4.69) is 20.9 Å². The molecular formula is C21H23F3N4O4. The molecule has 1 aromatic heterocycles. The van der Waals surface area contributed by atoms with Gasteiger partial charge in [0, 0.05) is 43.4 Å². The number of nitriles is 1. The maximum absolute atomic E-state index is 10.6. The second kappa shape index (κ2) is 10.0. The summed E-state index contributed by atoms with van der Waals surface area (Å²) in [5.41, 5.74) is 1.78. The van der Waals surface area contributed by atoms with Crippen molar-refractivity contribution < 1.29 is 32.5 Å². The lowest BCUT2D eigenvalue weighted by Crippen LogP contribution is -2.26. The molecule has 2 fully saturated rings. The van der Waals surface area contributed by atoms with Crippen LogP contribution < -0.4 is 4.74 Å². The van der Waals surface area contributed by atoms with Crippen molar-refractivity contribution in [2.45, 2.75) is 25.7 Å². The van der Waals surface area contributed by atoms with Gasteiger partial charge in [-0.1, -0.05) is 6.07 Å². The molecule has 32 heavy (non-hydrogen) atoms. The molecule has 2 aliphatic heterocycles. The number of aryl methyl sites for hydroxylation is 1. The van der Waals surface area contributed by atoms with Crippen LogP contribution in [0, 0.1) is 30.1 Å². The molecule has 2 N–H and O–H groups in total. The number of rotatable bonds is 5. The summed E-state index contributed by atoms with van der Waals surface area (Å²) in [6.07, 6.45) is -2.88. The number of carbonyl (C=O) groups is 1. The second-order valence-electron chi connectivity index (χ2n) is 7.74. The molecule has 2 saturated heterocycles. The van der Waals surface area contributed by atoms with Gasteiger partial charge in [0.1, 0.15) is 11.6 Å². The zero-order valence-electron chi connectivity index (χ0n) is 17.3. The summed E-state index contributed by atoms with van der Waals surface area (Å²) < 4.78 is 43.7. The van der Waals surface area contributed by atoms with Gasteiger partial charge in [-0.2, -0.15) is 18.4 Å². The molecule has 172 valence electrons. The van der Waals surface area contributed by atoms with E-state index in [1.807, 2.05) is 25.3 Å². The van der Waals surface area contributed by atoms with Crippen molar-refractivity contribution in [3.8, 4) is 11.8 Å². The average molecular weight is 452 g/mol. The van der Waals surface area contributed by atoms with E-state index >= 15 is 0 Å². The van der Waals surface area contributed by atoms with Gasteiger partial charge >= 0.3 is 12.1 Å². The molecule has 2 aliphatic rings. The Balaban J connectivity index is 0.000000360. The standard InChI is InChI=1S/C19H22N4O2.C2HF3O2/c1-13-21-7-16(22-13)8-23-9-18-15(12-25-19(18)10-23)11-24-17-4-2-3-14(5-17)6-20;3-2(4,5)1(6)7/h2-5,7,15,18-19H,8-12H2,1H3,(H,21,22);(H,6,7)/t15-,18+,19+;/m0./s1. The largest absolute Gasteiger partial charge is 0.493 e. The van der Waals surface area contributed by atoms with E-state index in [-0.39, 0.29) is 0 Å². The SMILES string of the molecule is Cc1ncc(CN2C[C@@H]3[C@@H](COc4cccc(C#N)c4)CO[C@@H]3C2)[nH]1.O=C(O)C(F)(F)F. The monoisotopic (exact) mass is 452 g/mol. The first-order valence-corrected chi connectivity index (χ1v) is 9.93. The fourth-order valence-corrected chi connectivity index (χ4v) is 3.83. The molecule has 4 rings (SSSR count). The van der Waals surface area contributed by atoms with Gasteiger partial charge < -0.3 is 19.6 Å². The number of ether oxygens (including phenoxy) is 2. The van der Waals surface area contributed by atoms with Crippen LogP contribution in [-0.2, 0) is 16.1 Å². The van der Waals surface area contributed by atoms with Crippen molar-refractivity contribution in [3.63, 3.8) is 0 Å². The molecule has 0 aliphatic carbocycles. The van der Waals surface area contributed by atoms with Crippen molar-refractivity contribution in [3.05, 3.63) is 47.5 Å². The number of nitrogens with one attached hydrogen (secondary N) is 1. The lowest BCUT2D eigenvalue weighted by molar-refractivity contribution is -0.192. The van der Waals surface area contributed by atoms with E-state index in [4.69, 9.17) is 24.6 Å². The number of hydrogen-bond acceptors (Lipinski definition) is 6. The quantitative estimate of drug-likeness (QED) is 0.718. The fourth-order valence-electron chi connectivity index (χ4n) is 3.83. The van der Waals surface area contributed by atoms with Crippen LogP contribution in [0.15, 0.2) is 30.5 Å². The number of carboxylic acids is 1. The lowest BCUT2D eigenvalue weighted by Gasteiger charge is -2.19. The summed E-state index contributed by atoms with van der Waals surface area (Å²) in [4.78, 5) is 18.9. The molecule has 0 radical (unpaired) electrons. The number of aromatic amines is 1. The Morgan fingerprint density at radius 1 is 1.44 bits per heavy atom. The van der Waals surface area contributed by atoms with Crippen molar-refractivity contribution >= 4 is 5.97 Å². The molecule has 3 heterocycles. The van der Waals surface area contributed by atoms with Crippen LogP contribution in [0.1, 0.15) is 17.1 Å². The number of hydrogen-bond donors (Lipinski definition) is 2. The Bertz CT molecular complexity index is 972. The Hall–Kier alpha value is -3.10. The zero-order chi connectivity index (χ0) is 23.3. The maximum Gasteiger partial charge on any atom is 0.490 e. The zero-order valence-corrected chi connectivity index (χ0v) is 17.3. The van der Waals surface area contributed by atoms with Gasteiger partial charge in [0.15, 0.2) is 0 Å². The van der Waals surface area contributed by atoms with Gasteiger partial charge in [0.2, 0.25) is 0 Å². The smallest absolute Gasteiger partial charge is 0.490 e. The Labute approximate surface area is 182 Å². The van der Waals surface area contributed by atoms with Crippen molar-refractivity contribution in [1.29, 1.82) is 5.26 Å². The van der Waals surface area contributed by atoms with E-state index in [1.54, 1.807) is 12.1 Å². The van der Waals surface area contributed by atoms with Crippen molar-refractivity contribution in [1.82, 2.24) is 14.9 Å². The van der Waals surface area contributed by atoms with Crippen LogP contribution in [0.25, 0.3) is 0 Å². The normalized spacial score (nSPS) is 22.5. The molecule has 1 aromatic carbocycles. The Kier molecular flexibility index (Phi) is 7.37. The summed E-state index contributed by atoms with van der Waals surface area (Å²) in [5, 5.41) is 16.1. The van der Waals surface area contributed by atoms with E-state index < -0.39 is 12.1 Å². The number of alkyl halides is 3. The highest BCUT2D eigenvalue weighted by atomic mass is 19.4. The van der Waals surface area contributed by atoms with Crippen molar-refractivity contribution in [2.75, 3.05) is 26.3 Å². The van der Waals surface area contributed by atoms with Crippen LogP contribution in [0.2, 0.25) is 0 Å². The van der Waals surface area contributed by atoms with E-state index in [0.717, 1.165) is 43.5 Å². The minimum Gasteiger partial charge on any atom is -0.493 e. The summed E-state index contributed by atoms with van der Waals surface area (Å²) in [5.74, 6) is -0.151. The first kappa shape index (κ1) is 23.6. The molecule has 0 amide bonds. The molecule has 0 bridgehead atoms. The molecule has 0 unspecified atom stereocenters. The number of imidazole rings is 1. The third-order valence-electron chi connectivity index (χ3n) is 5.33. The number of aromatic nitrogens is 2. The number of nitrogens with zero attached hydrogens (tertiary/aromatic N) is 3. The number of aliphatic carboxylic acids is 1. The predicted molar refractivity (Wildman–Crippen MR) is 106 cm³/mol. The van der Waals surface area contributed by atoms with Crippen molar-refractivity contribution in [2.24, 2.45) is 11.8 Å². The van der Waals surface area contributed by atoms with Gasteiger partial charge in [-0.25, -0.2) is 9.78 Å². The van der Waals surface area contributed by atoms with Crippen LogP contribution in [-0.4, -0.2) is 64.5 Å². The minimum atomic E-state index is -5.08. The highest BCUT2D eigenvalue weighted by Gasteiger charge is 2.44. The number of benzene rings is 1. The summed E-state index contributed by atoms with van der Waals surface area (Å²) >= 11 is 0. The van der Waals surface area contributed by atoms with Crippen LogP contribution in [0.3, 0.4) is 0 Å². The molecule has 2 aromatic rings. The average Bonchev–Trinajstić information content (AvgIpc) is 3.43. The topological polar surface area (TPSA) is 111 Å². The summed E-state index contributed by atoms with van der Waals surface area (Å²) in [6.45, 7) is 6.23. The van der Waals surface area contributed by atoms with E-state index in [0.29, 0.717) is 30.1 Å². The molecule has 0 spiro atoms. The van der Waals surface area contributed by atoms with Crippen LogP contribution >= 0.6 is 0 Å². The Morgan fingerprint density at radius 3 is 2.81 bits per heavy atom. The lowest BCUT2D eigenvalue weighted by atomic mass is 9.94. The van der Waals surface area contributed by atoms with E-state index in [9.17, 15) is 13.2 Å². The van der Waals surface area contributed by atoms with E-state index in [1.165, 1.54) is 0 Å². The third-order valence-corrected chi connectivity index (χ3v) is 5.33.